The molecular formula is C19H14F3N5O3S. The molecule has 4 aromatic rings. The lowest BCUT2D eigenvalue weighted by atomic mass is 10.2. The van der Waals surface area contributed by atoms with Crippen LogP contribution in [0.5, 0.6) is 5.88 Å². The molecule has 2 heterocycles. The Bertz CT molecular complexity index is 1340. The van der Waals surface area contributed by atoms with Crippen LogP contribution in [0.1, 0.15) is 0 Å². The molecule has 0 atom stereocenters. The van der Waals surface area contributed by atoms with E-state index in [-0.39, 0.29) is 24.9 Å². The minimum absolute atomic E-state index is 0.112. The minimum atomic E-state index is -4.41. The van der Waals surface area contributed by atoms with Gasteiger partial charge in [0.25, 0.3) is 0 Å². The van der Waals surface area contributed by atoms with E-state index in [1.807, 2.05) is 0 Å². The van der Waals surface area contributed by atoms with Crippen LogP contribution in [-0.4, -0.2) is 41.4 Å². The third-order valence-electron chi connectivity index (χ3n) is 4.15. The van der Waals surface area contributed by atoms with Crippen molar-refractivity contribution in [3.63, 3.8) is 0 Å². The summed E-state index contributed by atoms with van der Waals surface area (Å²) in [5.74, 6) is -2.44. The standard InChI is InChI=1S/C19H14F3N5O3S/c20-13-4-1-3-12(11-13)19-25-24-16-7-8-17(26-27(16)19)30-10-9-23-31(28,29)18-14(21)5-2-6-15(18)22/h1-8,11,23H,9-10H2. The van der Waals surface area contributed by atoms with Crippen LogP contribution in [0.3, 0.4) is 0 Å². The lowest BCUT2D eigenvalue weighted by Crippen LogP contribution is -2.29. The maximum atomic E-state index is 13.7. The molecule has 0 bridgehead atoms. The highest BCUT2D eigenvalue weighted by Gasteiger charge is 2.23. The highest BCUT2D eigenvalue weighted by molar-refractivity contribution is 7.89. The maximum Gasteiger partial charge on any atom is 0.246 e. The first-order chi connectivity index (χ1) is 14.8. The lowest BCUT2D eigenvalue weighted by molar-refractivity contribution is 0.305. The monoisotopic (exact) mass is 449 g/mol. The van der Waals surface area contributed by atoms with Crippen LogP contribution in [0.25, 0.3) is 17.0 Å². The van der Waals surface area contributed by atoms with E-state index in [4.69, 9.17) is 4.74 Å². The number of ether oxygens (including phenoxy) is 1. The van der Waals surface area contributed by atoms with Gasteiger partial charge in [0.1, 0.15) is 24.1 Å². The van der Waals surface area contributed by atoms with Crippen molar-refractivity contribution < 1.29 is 26.3 Å². The van der Waals surface area contributed by atoms with E-state index in [9.17, 15) is 21.6 Å². The maximum absolute atomic E-state index is 13.7. The molecule has 2 aromatic heterocycles. The van der Waals surface area contributed by atoms with Gasteiger partial charge in [0.15, 0.2) is 16.4 Å². The van der Waals surface area contributed by atoms with Gasteiger partial charge in [0, 0.05) is 18.2 Å². The summed E-state index contributed by atoms with van der Waals surface area (Å²) in [5, 5.41) is 12.2. The number of aromatic nitrogens is 4. The molecule has 0 radical (unpaired) electrons. The molecule has 4 rings (SSSR count). The average molecular weight is 449 g/mol. The van der Waals surface area contributed by atoms with Crippen LogP contribution in [0.15, 0.2) is 59.5 Å². The highest BCUT2D eigenvalue weighted by Crippen LogP contribution is 2.20. The van der Waals surface area contributed by atoms with Crippen molar-refractivity contribution >= 4 is 15.7 Å². The number of nitrogens with zero attached hydrogens (tertiary/aromatic N) is 4. The first-order valence-electron chi connectivity index (χ1n) is 8.90. The molecule has 0 aliphatic rings. The fourth-order valence-electron chi connectivity index (χ4n) is 2.80. The largest absolute Gasteiger partial charge is 0.475 e. The zero-order chi connectivity index (χ0) is 22.0. The van der Waals surface area contributed by atoms with Crippen LogP contribution in [0.4, 0.5) is 13.2 Å². The van der Waals surface area contributed by atoms with Gasteiger partial charge >= 0.3 is 0 Å². The van der Waals surface area contributed by atoms with E-state index < -0.39 is 32.4 Å². The van der Waals surface area contributed by atoms with Gasteiger partial charge < -0.3 is 4.74 Å². The number of nitrogens with one attached hydrogen (secondary N) is 1. The summed E-state index contributed by atoms with van der Waals surface area (Å²) in [5.41, 5.74) is 0.846. The Hall–Kier alpha value is -3.51. The number of halogens is 3. The van der Waals surface area contributed by atoms with Crippen molar-refractivity contribution in [3.05, 3.63) is 72.0 Å². The SMILES string of the molecule is O=S(=O)(NCCOc1ccc2nnc(-c3cccc(F)c3)n2n1)c1c(F)cccc1F. The van der Waals surface area contributed by atoms with Crippen molar-refractivity contribution in [2.24, 2.45) is 0 Å². The van der Waals surface area contributed by atoms with E-state index in [1.54, 1.807) is 12.1 Å². The van der Waals surface area contributed by atoms with Crippen molar-refractivity contribution in [1.29, 1.82) is 0 Å². The van der Waals surface area contributed by atoms with Gasteiger partial charge in [0.2, 0.25) is 15.9 Å². The summed E-state index contributed by atoms with van der Waals surface area (Å²) in [7, 11) is -4.41. The summed E-state index contributed by atoms with van der Waals surface area (Å²) in [4.78, 5) is -1.06. The summed E-state index contributed by atoms with van der Waals surface area (Å²) in [6.07, 6.45) is 0. The number of rotatable bonds is 7. The minimum Gasteiger partial charge on any atom is -0.475 e. The predicted octanol–water partition coefficient (Wildman–Crippen LogP) is 2.57. The van der Waals surface area contributed by atoms with Gasteiger partial charge in [-0.05, 0) is 30.3 Å². The Morgan fingerprint density at radius 2 is 1.71 bits per heavy atom. The van der Waals surface area contributed by atoms with Crippen molar-refractivity contribution in [2.45, 2.75) is 4.90 Å². The second-order valence-corrected chi connectivity index (χ2v) is 7.98. The van der Waals surface area contributed by atoms with E-state index in [2.05, 4.69) is 20.0 Å². The number of fused-ring (bicyclic) bond motifs is 1. The summed E-state index contributed by atoms with van der Waals surface area (Å²) < 4.78 is 74.0. The molecule has 0 fully saturated rings. The number of hydrogen-bond donors (Lipinski definition) is 1. The molecular weight excluding hydrogens is 435 g/mol. The molecule has 0 saturated carbocycles. The normalized spacial score (nSPS) is 11.7. The van der Waals surface area contributed by atoms with Gasteiger partial charge in [-0.25, -0.2) is 26.3 Å². The summed E-state index contributed by atoms with van der Waals surface area (Å²) >= 11 is 0. The molecule has 0 amide bonds. The van der Waals surface area contributed by atoms with Gasteiger partial charge in [-0.2, -0.15) is 4.52 Å². The second-order valence-electron chi connectivity index (χ2n) is 6.27. The number of benzene rings is 2. The van der Waals surface area contributed by atoms with E-state index in [0.717, 1.165) is 18.2 Å². The number of hydrogen-bond acceptors (Lipinski definition) is 6. The average Bonchev–Trinajstić information content (AvgIpc) is 3.14. The summed E-state index contributed by atoms with van der Waals surface area (Å²) in [6.45, 7) is -0.444. The molecule has 1 N–H and O–H groups in total. The van der Waals surface area contributed by atoms with Crippen LogP contribution < -0.4 is 9.46 Å². The Morgan fingerprint density at radius 1 is 0.968 bits per heavy atom. The molecule has 8 nitrogen and oxygen atoms in total. The highest BCUT2D eigenvalue weighted by atomic mass is 32.2. The Kier molecular flexibility index (Phi) is 5.57. The molecule has 12 heteroatoms. The zero-order valence-corrected chi connectivity index (χ0v) is 16.5. The smallest absolute Gasteiger partial charge is 0.246 e. The van der Waals surface area contributed by atoms with E-state index in [1.165, 1.54) is 28.8 Å². The van der Waals surface area contributed by atoms with Gasteiger partial charge in [-0.1, -0.05) is 18.2 Å². The second kappa shape index (κ2) is 8.32. The fraction of sp³-hybridized carbons (Fsp3) is 0.105. The number of sulfonamides is 1. The van der Waals surface area contributed by atoms with Gasteiger partial charge in [-0.15, -0.1) is 15.3 Å². The zero-order valence-electron chi connectivity index (χ0n) is 15.7. The predicted molar refractivity (Wildman–Crippen MR) is 103 cm³/mol. The molecule has 2 aromatic carbocycles. The first kappa shape index (κ1) is 20.8. The first-order valence-corrected chi connectivity index (χ1v) is 10.4. The Morgan fingerprint density at radius 3 is 2.45 bits per heavy atom. The van der Waals surface area contributed by atoms with Crippen molar-refractivity contribution in [1.82, 2.24) is 24.5 Å². The quantitative estimate of drug-likeness (QED) is 0.436. The van der Waals surface area contributed by atoms with Gasteiger partial charge in [0.05, 0.1) is 0 Å². The molecule has 160 valence electrons. The fourth-order valence-corrected chi connectivity index (χ4v) is 3.95. The topological polar surface area (TPSA) is 98.5 Å². The lowest BCUT2D eigenvalue weighted by Gasteiger charge is -2.09. The van der Waals surface area contributed by atoms with Crippen LogP contribution >= 0.6 is 0 Å². The van der Waals surface area contributed by atoms with Crippen LogP contribution in [0, 0.1) is 17.5 Å². The molecule has 0 aliphatic heterocycles. The van der Waals surface area contributed by atoms with E-state index >= 15 is 0 Å². The van der Waals surface area contributed by atoms with Gasteiger partial charge in [-0.3, -0.25) is 0 Å². The Balaban J connectivity index is 1.46. The molecule has 0 aliphatic carbocycles. The molecule has 0 saturated heterocycles. The van der Waals surface area contributed by atoms with Crippen LogP contribution in [-0.2, 0) is 10.0 Å². The van der Waals surface area contributed by atoms with Crippen molar-refractivity contribution in [2.75, 3.05) is 13.2 Å². The molecule has 31 heavy (non-hydrogen) atoms. The third-order valence-corrected chi connectivity index (χ3v) is 5.66. The summed E-state index contributed by atoms with van der Waals surface area (Å²) in [6, 6.07) is 11.6. The molecule has 0 unspecified atom stereocenters. The van der Waals surface area contributed by atoms with Crippen LogP contribution in [0.2, 0.25) is 0 Å². The third kappa shape index (κ3) is 4.34. The van der Waals surface area contributed by atoms with E-state index in [0.29, 0.717) is 11.2 Å². The molecule has 0 spiro atoms. The Labute approximate surface area is 174 Å². The van der Waals surface area contributed by atoms with Crippen molar-refractivity contribution in [3.8, 4) is 17.3 Å².